The van der Waals surface area contributed by atoms with Gasteiger partial charge in [0.1, 0.15) is 11.6 Å². The highest BCUT2D eigenvalue weighted by Crippen LogP contribution is 2.29. The number of hydrogen-bond donors (Lipinski definition) is 0. The number of hydrogen-bond acceptors (Lipinski definition) is 6. The molecule has 0 unspecified atom stereocenters. The highest BCUT2D eigenvalue weighted by Gasteiger charge is 2.32. The third kappa shape index (κ3) is 2.83. The third-order valence-electron chi connectivity index (χ3n) is 4.17. The van der Waals surface area contributed by atoms with Gasteiger partial charge in [-0.2, -0.15) is 10.1 Å². The molecular formula is C14H22N6O. The summed E-state index contributed by atoms with van der Waals surface area (Å²) < 4.78 is 7.33. The Kier molecular flexibility index (Phi) is 3.75. The maximum atomic E-state index is 5.33. The summed E-state index contributed by atoms with van der Waals surface area (Å²) >= 11 is 0. The summed E-state index contributed by atoms with van der Waals surface area (Å²) in [7, 11) is 0. The van der Waals surface area contributed by atoms with E-state index in [1.54, 1.807) is 0 Å². The quantitative estimate of drug-likeness (QED) is 0.855. The van der Waals surface area contributed by atoms with E-state index in [0.717, 1.165) is 31.2 Å². The predicted octanol–water partition coefficient (Wildman–Crippen LogP) is 1.81. The van der Waals surface area contributed by atoms with Crippen LogP contribution in [0.1, 0.15) is 49.2 Å². The van der Waals surface area contributed by atoms with Crippen LogP contribution in [-0.2, 0) is 6.54 Å². The summed E-state index contributed by atoms with van der Waals surface area (Å²) in [5.74, 6) is 3.19. The molecule has 0 amide bonds. The second kappa shape index (κ2) is 5.55. The van der Waals surface area contributed by atoms with Crippen LogP contribution in [0, 0.1) is 20.8 Å². The molecule has 1 aliphatic rings. The van der Waals surface area contributed by atoms with Crippen molar-refractivity contribution in [3.63, 3.8) is 0 Å². The van der Waals surface area contributed by atoms with Gasteiger partial charge in [-0.1, -0.05) is 5.16 Å². The Labute approximate surface area is 124 Å². The van der Waals surface area contributed by atoms with E-state index < -0.39 is 0 Å². The van der Waals surface area contributed by atoms with Crippen molar-refractivity contribution in [2.45, 2.75) is 59.2 Å². The second-order valence-corrected chi connectivity index (χ2v) is 5.78. The summed E-state index contributed by atoms with van der Waals surface area (Å²) in [5, 5.41) is 8.37. The van der Waals surface area contributed by atoms with Crippen molar-refractivity contribution in [3.8, 4) is 0 Å². The fourth-order valence-electron chi connectivity index (χ4n) is 3.12. The normalized spacial score (nSPS) is 21.0. The zero-order valence-corrected chi connectivity index (χ0v) is 13.1. The minimum atomic E-state index is 0.142. The SMILES string of the molecule is Cc1noc([C@H](C)N2CCC[C@H]2Cn2nc(C)nc2C)n1. The second-order valence-electron chi connectivity index (χ2n) is 5.78. The number of likely N-dealkylation sites (tertiary alicyclic amines) is 1. The van der Waals surface area contributed by atoms with Gasteiger partial charge in [0.05, 0.1) is 12.6 Å². The first-order chi connectivity index (χ1) is 10.0. The summed E-state index contributed by atoms with van der Waals surface area (Å²) in [6.07, 6.45) is 2.35. The first-order valence-electron chi connectivity index (χ1n) is 7.48. The van der Waals surface area contributed by atoms with Crippen LogP contribution in [0.5, 0.6) is 0 Å². The molecule has 2 aromatic heterocycles. The zero-order valence-electron chi connectivity index (χ0n) is 13.1. The Morgan fingerprint density at radius 2 is 2.05 bits per heavy atom. The minimum absolute atomic E-state index is 0.142. The van der Waals surface area contributed by atoms with Crippen molar-refractivity contribution in [2.75, 3.05) is 6.54 Å². The zero-order chi connectivity index (χ0) is 15.0. The molecule has 0 spiro atoms. The van der Waals surface area contributed by atoms with Gasteiger partial charge in [-0.05, 0) is 47.1 Å². The standard InChI is InChI=1S/C14H22N6O/c1-9(14-16-11(3)18-21-14)19-7-5-6-13(19)8-20-12(4)15-10(2)17-20/h9,13H,5-8H2,1-4H3/t9-,13-/m0/s1. The molecule has 3 rings (SSSR count). The third-order valence-corrected chi connectivity index (χ3v) is 4.17. The number of nitrogens with zero attached hydrogens (tertiary/aromatic N) is 6. The van der Waals surface area contributed by atoms with Crippen molar-refractivity contribution in [1.29, 1.82) is 0 Å². The molecule has 1 saturated heterocycles. The highest BCUT2D eigenvalue weighted by molar-refractivity contribution is 4.96. The molecule has 21 heavy (non-hydrogen) atoms. The van der Waals surface area contributed by atoms with Gasteiger partial charge in [0.2, 0.25) is 5.89 Å². The van der Waals surface area contributed by atoms with E-state index in [0.29, 0.717) is 17.8 Å². The molecular weight excluding hydrogens is 268 g/mol. The van der Waals surface area contributed by atoms with E-state index in [1.165, 1.54) is 6.42 Å². The smallest absolute Gasteiger partial charge is 0.243 e. The van der Waals surface area contributed by atoms with E-state index in [1.807, 2.05) is 25.5 Å². The van der Waals surface area contributed by atoms with Gasteiger partial charge in [0.15, 0.2) is 5.82 Å². The number of rotatable bonds is 4. The van der Waals surface area contributed by atoms with Gasteiger partial charge in [0.25, 0.3) is 0 Å². The van der Waals surface area contributed by atoms with Gasteiger partial charge in [0, 0.05) is 6.04 Å². The monoisotopic (exact) mass is 290 g/mol. The van der Waals surface area contributed by atoms with Crippen molar-refractivity contribution < 1.29 is 4.52 Å². The average molecular weight is 290 g/mol. The van der Waals surface area contributed by atoms with Crippen LogP contribution in [-0.4, -0.2) is 42.4 Å². The molecule has 114 valence electrons. The van der Waals surface area contributed by atoms with E-state index in [2.05, 4.69) is 32.0 Å². The molecule has 2 atom stereocenters. The summed E-state index contributed by atoms with van der Waals surface area (Å²) in [5.41, 5.74) is 0. The summed E-state index contributed by atoms with van der Waals surface area (Å²) in [6.45, 7) is 9.83. The van der Waals surface area contributed by atoms with Gasteiger partial charge < -0.3 is 4.52 Å². The lowest BCUT2D eigenvalue weighted by Gasteiger charge is -2.28. The first-order valence-corrected chi connectivity index (χ1v) is 7.48. The molecule has 0 aliphatic carbocycles. The molecule has 7 heteroatoms. The lowest BCUT2D eigenvalue weighted by atomic mass is 10.2. The summed E-state index contributed by atoms with van der Waals surface area (Å²) in [4.78, 5) is 11.2. The Morgan fingerprint density at radius 1 is 1.24 bits per heavy atom. The topological polar surface area (TPSA) is 72.9 Å². The van der Waals surface area contributed by atoms with Crippen LogP contribution < -0.4 is 0 Å². The van der Waals surface area contributed by atoms with E-state index >= 15 is 0 Å². The molecule has 0 N–H and O–H groups in total. The molecule has 0 saturated carbocycles. The Hall–Kier alpha value is -1.76. The lowest BCUT2D eigenvalue weighted by Crippen LogP contribution is -2.35. The fourth-order valence-corrected chi connectivity index (χ4v) is 3.12. The fraction of sp³-hybridized carbons (Fsp3) is 0.714. The first kappa shape index (κ1) is 14.2. The van der Waals surface area contributed by atoms with Crippen LogP contribution in [0.4, 0.5) is 0 Å². The van der Waals surface area contributed by atoms with E-state index in [4.69, 9.17) is 4.52 Å². The summed E-state index contributed by atoms with van der Waals surface area (Å²) in [6, 6.07) is 0.579. The molecule has 0 radical (unpaired) electrons. The van der Waals surface area contributed by atoms with Crippen LogP contribution in [0.25, 0.3) is 0 Å². The molecule has 1 fully saturated rings. The van der Waals surface area contributed by atoms with Gasteiger partial charge >= 0.3 is 0 Å². The number of aryl methyl sites for hydroxylation is 3. The van der Waals surface area contributed by atoms with Crippen LogP contribution in [0.3, 0.4) is 0 Å². The van der Waals surface area contributed by atoms with Gasteiger partial charge in [-0.25, -0.2) is 9.67 Å². The average Bonchev–Trinajstić information content (AvgIpc) is 3.12. The van der Waals surface area contributed by atoms with Crippen LogP contribution in [0.15, 0.2) is 4.52 Å². The van der Waals surface area contributed by atoms with Gasteiger partial charge in [-0.15, -0.1) is 0 Å². The molecule has 2 aromatic rings. The van der Waals surface area contributed by atoms with Crippen molar-refractivity contribution in [3.05, 3.63) is 23.4 Å². The Bertz CT molecular complexity index is 619. The number of aromatic nitrogens is 5. The minimum Gasteiger partial charge on any atom is -0.338 e. The van der Waals surface area contributed by atoms with Gasteiger partial charge in [-0.3, -0.25) is 4.90 Å². The maximum Gasteiger partial charge on any atom is 0.243 e. The largest absolute Gasteiger partial charge is 0.338 e. The molecule has 7 nitrogen and oxygen atoms in total. The molecule has 1 aliphatic heterocycles. The van der Waals surface area contributed by atoms with Crippen LogP contribution in [0.2, 0.25) is 0 Å². The molecule has 0 aromatic carbocycles. The Balaban J connectivity index is 1.74. The maximum absolute atomic E-state index is 5.33. The Morgan fingerprint density at radius 3 is 2.67 bits per heavy atom. The van der Waals surface area contributed by atoms with Crippen LogP contribution >= 0.6 is 0 Å². The molecule has 0 bridgehead atoms. The lowest BCUT2D eigenvalue weighted by molar-refractivity contribution is 0.143. The predicted molar refractivity (Wildman–Crippen MR) is 76.7 cm³/mol. The molecule has 3 heterocycles. The highest BCUT2D eigenvalue weighted by atomic mass is 16.5. The van der Waals surface area contributed by atoms with Crippen molar-refractivity contribution >= 4 is 0 Å². The van der Waals surface area contributed by atoms with E-state index in [9.17, 15) is 0 Å². The van der Waals surface area contributed by atoms with Crippen molar-refractivity contribution in [2.24, 2.45) is 0 Å². The van der Waals surface area contributed by atoms with E-state index in [-0.39, 0.29) is 6.04 Å². The van der Waals surface area contributed by atoms with Crippen molar-refractivity contribution in [1.82, 2.24) is 29.8 Å².